The van der Waals surface area contributed by atoms with Crippen molar-refractivity contribution in [2.75, 3.05) is 0 Å². The van der Waals surface area contributed by atoms with Crippen molar-refractivity contribution in [2.45, 2.75) is 83.4 Å². The van der Waals surface area contributed by atoms with Gasteiger partial charge in [0.25, 0.3) is 0 Å². The molecule has 2 rings (SSSR count). The van der Waals surface area contributed by atoms with Crippen molar-refractivity contribution in [3.63, 3.8) is 0 Å². The number of rotatable bonds is 2. The average Bonchev–Trinajstić information content (AvgIpc) is 2.84. The largest absolute Gasteiger partial charge is 0.438 e. The molecule has 4 atom stereocenters. The summed E-state index contributed by atoms with van der Waals surface area (Å²) in [7, 11) is 0. The molecule has 0 spiro atoms. The molecule has 0 bridgehead atoms. The predicted octanol–water partition coefficient (Wildman–Crippen LogP) is 4.84. The predicted molar refractivity (Wildman–Crippen MR) is 87.4 cm³/mol. The fourth-order valence-corrected chi connectivity index (χ4v) is 5.26. The van der Waals surface area contributed by atoms with Crippen molar-refractivity contribution in [2.24, 2.45) is 22.7 Å². The second-order valence-electron chi connectivity index (χ2n) is 8.87. The number of fused-ring (bicyclic) bond motifs is 1. The van der Waals surface area contributed by atoms with Crippen LogP contribution >= 0.6 is 0 Å². The molecule has 0 amide bonds. The van der Waals surface area contributed by atoms with E-state index in [4.69, 9.17) is 5.11 Å². The van der Waals surface area contributed by atoms with E-state index in [1.54, 1.807) is 13.8 Å². The summed E-state index contributed by atoms with van der Waals surface area (Å²) in [4.78, 5) is 0. The molecule has 8 heteroatoms. The summed E-state index contributed by atoms with van der Waals surface area (Å²) in [5.74, 6) is 3.14. The fourth-order valence-electron chi connectivity index (χ4n) is 5.26. The lowest BCUT2D eigenvalue weighted by molar-refractivity contribution is -0.343. The van der Waals surface area contributed by atoms with E-state index in [0.29, 0.717) is 0 Å². The molecule has 4 unspecified atom stereocenters. The molecule has 27 heavy (non-hydrogen) atoms. The molecule has 2 aliphatic carbocycles. The number of hydrogen-bond acceptors (Lipinski definition) is 2. The van der Waals surface area contributed by atoms with E-state index >= 15 is 0 Å². The molecule has 0 heterocycles. The van der Waals surface area contributed by atoms with E-state index in [1.165, 1.54) is 0 Å². The quantitative estimate of drug-likeness (QED) is 0.515. The van der Waals surface area contributed by atoms with Gasteiger partial charge in [-0.15, -0.1) is 0 Å². The fraction of sp³-hybridized carbons (Fsp3) is 0.895. The highest BCUT2D eigenvalue weighted by molar-refractivity contribution is 5.22. The summed E-state index contributed by atoms with van der Waals surface area (Å²) in [6.45, 7) is 5.61. The molecule has 2 fully saturated rings. The van der Waals surface area contributed by atoms with Crippen LogP contribution in [0.2, 0.25) is 0 Å². The average molecular weight is 400 g/mol. The van der Waals surface area contributed by atoms with Crippen LogP contribution in [0.3, 0.4) is 0 Å². The van der Waals surface area contributed by atoms with Crippen LogP contribution in [-0.4, -0.2) is 34.3 Å². The van der Waals surface area contributed by atoms with Gasteiger partial charge in [-0.1, -0.05) is 33.1 Å². The van der Waals surface area contributed by atoms with Crippen molar-refractivity contribution in [3.05, 3.63) is 0 Å². The lowest BCUT2D eigenvalue weighted by Gasteiger charge is -2.48. The molecule has 156 valence electrons. The monoisotopic (exact) mass is 400 g/mol. The first-order valence-electron chi connectivity index (χ1n) is 9.10. The maximum Gasteiger partial charge on any atom is 0.438 e. The standard InChI is InChI=1S/C19H26F6O2/c1-15(2,9-5-11-17(27,18(20,21)22)19(23,24)25)14-8-7-12-13(26)6-4-10-16(12,14)3/h12-14,26-27H,4,6-10H2,1-3H3. The topological polar surface area (TPSA) is 40.5 Å². The van der Waals surface area contributed by atoms with Gasteiger partial charge in [0.2, 0.25) is 0 Å². The first-order valence-corrected chi connectivity index (χ1v) is 9.10. The van der Waals surface area contributed by atoms with Crippen molar-refractivity contribution < 1.29 is 36.6 Å². The Morgan fingerprint density at radius 3 is 2.07 bits per heavy atom. The smallest absolute Gasteiger partial charge is 0.393 e. The molecule has 2 N–H and O–H groups in total. The first kappa shape index (κ1) is 22.4. The van der Waals surface area contributed by atoms with Crippen LogP contribution in [0.1, 0.15) is 59.3 Å². The minimum absolute atomic E-state index is 0.0177. The maximum atomic E-state index is 12.7. The Hall–Kier alpha value is -0.940. The zero-order valence-corrected chi connectivity index (χ0v) is 15.6. The third kappa shape index (κ3) is 3.82. The lowest BCUT2D eigenvalue weighted by atomic mass is 9.57. The maximum absolute atomic E-state index is 12.7. The number of halogens is 6. The number of aliphatic hydroxyl groups is 2. The number of hydrogen-bond donors (Lipinski definition) is 2. The highest BCUT2D eigenvalue weighted by Crippen LogP contribution is 2.61. The second kappa shape index (κ2) is 6.84. The molecule has 2 aliphatic rings. The number of alkyl halides is 6. The molecule has 0 aromatic carbocycles. The Morgan fingerprint density at radius 1 is 1.00 bits per heavy atom. The van der Waals surface area contributed by atoms with Gasteiger partial charge in [-0.25, -0.2) is 0 Å². The zero-order chi connectivity index (χ0) is 20.9. The molecular formula is C19H26F6O2. The van der Waals surface area contributed by atoms with Crippen molar-refractivity contribution in [1.82, 2.24) is 0 Å². The third-order valence-electron chi connectivity index (χ3n) is 6.67. The molecule has 2 saturated carbocycles. The highest BCUT2D eigenvalue weighted by atomic mass is 19.4. The van der Waals surface area contributed by atoms with Gasteiger partial charge in [0.1, 0.15) is 0 Å². The third-order valence-corrected chi connectivity index (χ3v) is 6.67. The van der Waals surface area contributed by atoms with Crippen LogP contribution in [-0.2, 0) is 0 Å². The Labute approximate surface area is 155 Å². The van der Waals surface area contributed by atoms with Crippen molar-refractivity contribution in [1.29, 1.82) is 0 Å². The van der Waals surface area contributed by atoms with Crippen LogP contribution in [0.25, 0.3) is 0 Å². The molecular weight excluding hydrogens is 374 g/mol. The van der Waals surface area contributed by atoms with Gasteiger partial charge in [-0.2, -0.15) is 26.3 Å². The van der Waals surface area contributed by atoms with E-state index in [1.807, 2.05) is 5.92 Å². The number of aliphatic hydroxyl groups excluding tert-OH is 1. The van der Waals surface area contributed by atoms with Crippen LogP contribution in [0.5, 0.6) is 0 Å². The lowest BCUT2D eigenvalue weighted by Crippen LogP contribution is -2.55. The molecule has 0 radical (unpaired) electrons. The minimum atomic E-state index is -5.93. The van der Waals surface area contributed by atoms with Gasteiger partial charge >= 0.3 is 18.0 Å². The Morgan fingerprint density at radius 2 is 1.56 bits per heavy atom. The van der Waals surface area contributed by atoms with E-state index in [2.05, 4.69) is 6.92 Å². The first-order chi connectivity index (χ1) is 12.1. The van der Waals surface area contributed by atoms with Gasteiger partial charge in [0, 0.05) is 6.42 Å². The van der Waals surface area contributed by atoms with Gasteiger partial charge in [-0.3, -0.25) is 0 Å². The Bertz CT molecular complexity index is 598. The summed E-state index contributed by atoms with van der Waals surface area (Å²) < 4.78 is 76.5. The van der Waals surface area contributed by atoms with Crippen LogP contribution in [0.15, 0.2) is 0 Å². The van der Waals surface area contributed by atoms with E-state index in [-0.39, 0.29) is 23.7 Å². The molecule has 0 aromatic heterocycles. The van der Waals surface area contributed by atoms with Gasteiger partial charge < -0.3 is 10.2 Å². The normalized spacial score (nSPS) is 32.6. The summed E-state index contributed by atoms with van der Waals surface area (Å²) >= 11 is 0. The van der Waals surface area contributed by atoms with Gasteiger partial charge in [0.15, 0.2) is 0 Å². The summed E-state index contributed by atoms with van der Waals surface area (Å²) in [5.41, 5.74) is -5.89. The summed E-state index contributed by atoms with van der Waals surface area (Å²) in [6, 6.07) is 0. The molecule has 0 saturated heterocycles. The zero-order valence-electron chi connectivity index (χ0n) is 15.6. The summed E-state index contributed by atoms with van der Waals surface area (Å²) in [5, 5.41) is 19.4. The van der Waals surface area contributed by atoms with Crippen molar-refractivity contribution in [3.8, 4) is 11.8 Å². The SMILES string of the molecule is CC(C)(CC#CC(O)(C(F)(F)F)C(F)(F)F)C1CCC2C(O)CCCC21C. The second-order valence-corrected chi connectivity index (χ2v) is 8.87. The minimum Gasteiger partial charge on any atom is -0.393 e. The Balaban J connectivity index is 2.24. The molecule has 0 aliphatic heterocycles. The van der Waals surface area contributed by atoms with E-state index < -0.39 is 29.5 Å². The Kier molecular flexibility index (Phi) is 5.66. The van der Waals surface area contributed by atoms with Crippen LogP contribution in [0, 0.1) is 34.5 Å². The van der Waals surface area contributed by atoms with Gasteiger partial charge in [0.05, 0.1) is 6.10 Å². The van der Waals surface area contributed by atoms with E-state index in [9.17, 15) is 31.4 Å². The van der Waals surface area contributed by atoms with Crippen LogP contribution in [0.4, 0.5) is 26.3 Å². The molecule has 2 nitrogen and oxygen atoms in total. The summed E-state index contributed by atoms with van der Waals surface area (Å²) in [6.07, 6.45) is -8.53. The molecule has 0 aromatic rings. The van der Waals surface area contributed by atoms with Crippen molar-refractivity contribution >= 4 is 0 Å². The van der Waals surface area contributed by atoms with Gasteiger partial charge in [-0.05, 0) is 54.3 Å². The highest BCUT2D eigenvalue weighted by Gasteiger charge is 2.70. The van der Waals surface area contributed by atoms with Crippen LogP contribution < -0.4 is 0 Å². The van der Waals surface area contributed by atoms with E-state index in [0.717, 1.165) is 38.0 Å².